The zero-order valence-electron chi connectivity index (χ0n) is 6.72. The summed E-state index contributed by atoms with van der Waals surface area (Å²) in [4.78, 5) is 10.8. The van der Waals surface area contributed by atoms with E-state index < -0.39 is 0 Å². The normalized spacial score (nSPS) is 23.2. The Morgan fingerprint density at radius 1 is 1.82 bits per heavy atom. The quantitative estimate of drug-likeness (QED) is 0.599. The molecular weight excluding hydrogens is 144 g/mol. The number of hydrogen-bond acceptors (Lipinski definition) is 3. The number of alkyl carbamates (subject to hydrolysis) is 1. The van der Waals surface area contributed by atoms with E-state index in [2.05, 4.69) is 10.6 Å². The van der Waals surface area contributed by atoms with Gasteiger partial charge in [0.2, 0.25) is 0 Å². The Hall–Kier alpha value is -0.770. The molecule has 0 bridgehead atoms. The molecule has 0 aromatic heterocycles. The highest BCUT2D eigenvalue weighted by atomic mass is 16.5. The van der Waals surface area contributed by atoms with Crippen LogP contribution in [-0.4, -0.2) is 31.8 Å². The van der Waals surface area contributed by atoms with Crippen LogP contribution in [0, 0.1) is 0 Å². The fraction of sp³-hybridized carbons (Fsp3) is 0.857. The summed E-state index contributed by atoms with van der Waals surface area (Å²) in [7, 11) is 0. The molecule has 1 unspecified atom stereocenters. The molecule has 1 amide bonds. The largest absolute Gasteiger partial charge is 0.450 e. The van der Waals surface area contributed by atoms with Gasteiger partial charge in [-0.25, -0.2) is 4.79 Å². The van der Waals surface area contributed by atoms with Crippen molar-refractivity contribution in [3.8, 4) is 0 Å². The summed E-state index contributed by atoms with van der Waals surface area (Å²) in [5.74, 6) is 0. The maximum absolute atomic E-state index is 10.8. The molecule has 1 saturated heterocycles. The van der Waals surface area contributed by atoms with Crippen LogP contribution in [0.4, 0.5) is 4.79 Å². The van der Waals surface area contributed by atoms with Gasteiger partial charge in [0.15, 0.2) is 0 Å². The smallest absolute Gasteiger partial charge is 0.407 e. The van der Waals surface area contributed by atoms with Gasteiger partial charge in [0.25, 0.3) is 0 Å². The molecule has 1 aliphatic rings. The predicted octanol–water partition coefficient (Wildman–Crippen LogP) is 0.0944. The lowest BCUT2D eigenvalue weighted by molar-refractivity contribution is 0.149. The van der Waals surface area contributed by atoms with Crippen LogP contribution in [0.15, 0.2) is 0 Å². The third kappa shape index (κ3) is 2.76. The van der Waals surface area contributed by atoms with Gasteiger partial charge in [0, 0.05) is 12.6 Å². The Morgan fingerprint density at radius 3 is 3.18 bits per heavy atom. The summed E-state index contributed by atoms with van der Waals surface area (Å²) < 4.78 is 4.73. The summed E-state index contributed by atoms with van der Waals surface area (Å²) in [5, 5.41) is 5.91. The summed E-state index contributed by atoms with van der Waals surface area (Å²) >= 11 is 0. The second kappa shape index (κ2) is 4.18. The molecule has 0 spiro atoms. The second-order valence-corrected chi connectivity index (χ2v) is 2.55. The zero-order chi connectivity index (χ0) is 8.10. The van der Waals surface area contributed by atoms with Crippen LogP contribution in [0.3, 0.4) is 0 Å². The van der Waals surface area contributed by atoms with Gasteiger partial charge in [-0.2, -0.15) is 0 Å². The highest BCUT2D eigenvalue weighted by Gasteiger charge is 2.16. The molecule has 1 atom stereocenters. The number of nitrogens with one attached hydrogen (secondary N) is 2. The highest BCUT2D eigenvalue weighted by Crippen LogP contribution is 1.96. The Morgan fingerprint density at radius 2 is 2.64 bits per heavy atom. The first-order valence-corrected chi connectivity index (χ1v) is 3.97. The Bertz CT molecular complexity index is 132. The van der Waals surface area contributed by atoms with E-state index in [0.29, 0.717) is 6.61 Å². The monoisotopic (exact) mass is 158 g/mol. The summed E-state index contributed by atoms with van der Waals surface area (Å²) in [5.41, 5.74) is 0. The van der Waals surface area contributed by atoms with Crippen LogP contribution < -0.4 is 10.6 Å². The van der Waals surface area contributed by atoms with Crippen molar-refractivity contribution in [2.24, 2.45) is 0 Å². The van der Waals surface area contributed by atoms with Gasteiger partial charge < -0.3 is 15.4 Å². The van der Waals surface area contributed by atoms with Crippen LogP contribution in [0.1, 0.15) is 13.3 Å². The molecule has 2 N–H and O–H groups in total. The maximum atomic E-state index is 10.8. The lowest BCUT2D eigenvalue weighted by atomic mass is 10.3. The lowest BCUT2D eigenvalue weighted by Crippen LogP contribution is -2.36. The number of ether oxygens (including phenoxy) is 1. The van der Waals surface area contributed by atoms with E-state index in [1.807, 2.05) is 0 Å². The first-order chi connectivity index (χ1) is 5.33. The van der Waals surface area contributed by atoms with Crippen molar-refractivity contribution >= 4 is 6.09 Å². The molecule has 4 nitrogen and oxygen atoms in total. The van der Waals surface area contributed by atoms with Crippen LogP contribution in [0.2, 0.25) is 0 Å². The Labute approximate surface area is 66.3 Å². The lowest BCUT2D eigenvalue weighted by Gasteiger charge is -2.09. The third-order valence-corrected chi connectivity index (χ3v) is 1.66. The Kier molecular flexibility index (Phi) is 3.16. The minimum Gasteiger partial charge on any atom is -0.450 e. The van der Waals surface area contributed by atoms with E-state index in [1.165, 1.54) is 0 Å². The van der Waals surface area contributed by atoms with Gasteiger partial charge >= 0.3 is 6.09 Å². The molecule has 1 rings (SSSR count). The molecular formula is C7H14N2O2. The molecule has 64 valence electrons. The summed E-state index contributed by atoms with van der Waals surface area (Å²) in [6.07, 6.45) is 0.694. The minimum atomic E-state index is -0.304. The van der Waals surface area contributed by atoms with Crippen molar-refractivity contribution < 1.29 is 9.53 Å². The van der Waals surface area contributed by atoms with Crippen LogP contribution in [0.5, 0.6) is 0 Å². The number of rotatable bonds is 2. The predicted molar refractivity (Wildman–Crippen MR) is 41.4 cm³/mol. The van der Waals surface area contributed by atoms with Crippen molar-refractivity contribution in [3.05, 3.63) is 0 Å². The molecule has 4 heteroatoms. The van der Waals surface area contributed by atoms with E-state index in [1.54, 1.807) is 6.92 Å². The molecule has 0 aromatic carbocycles. The van der Waals surface area contributed by atoms with E-state index in [9.17, 15) is 4.79 Å². The van der Waals surface area contributed by atoms with Crippen LogP contribution in [-0.2, 0) is 4.74 Å². The zero-order valence-corrected chi connectivity index (χ0v) is 6.72. The minimum absolute atomic E-state index is 0.258. The molecule has 0 aliphatic carbocycles. The van der Waals surface area contributed by atoms with E-state index in [4.69, 9.17) is 4.74 Å². The maximum Gasteiger partial charge on any atom is 0.407 e. The van der Waals surface area contributed by atoms with Crippen LogP contribution >= 0.6 is 0 Å². The van der Waals surface area contributed by atoms with Crippen molar-refractivity contribution in [1.29, 1.82) is 0 Å². The van der Waals surface area contributed by atoms with E-state index in [-0.39, 0.29) is 12.1 Å². The van der Waals surface area contributed by atoms with E-state index >= 15 is 0 Å². The molecule has 1 fully saturated rings. The molecule has 0 saturated carbocycles. The average Bonchev–Trinajstić information content (AvgIpc) is 2.40. The van der Waals surface area contributed by atoms with Gasteiger partial charge in [-0.15, -0.1) is 0 Å². The van der Waals surface area contributed by atoms with Crippen molar-refractivity contribution in [2.45, 2.75) is 19.4 Å². The van der Waals surface area contributed by atoms with Crippen molar-refractivity contribution in [1.82, 2.24) is 10.6 Å². The molecule has 0 aromatic rings. The summed E-state index contributed by atoms with van der Waals surface area (Å²) in [6.45, 7) is 4.08. The van der Waals surface area contributed by atoms with Gasteiger partial charge in [0.05, 0.1) is 6.61 Å². The van der Waals surface area contributed by atoms with Crippen molar-refractivity contribution in [3.63, 3.8) is 0 Å². The second-order valence-electron chi connectivity index (χ2n) is 2.55. The molecule has 0 radical (unpaired) electrons. The number of hydrogen-bond donors (Lipinski definition) is 2. The topological polar surface area (TPSA) is 50.4 Å². The third-order valence-electron chi connectivity index (χ3n) is 1.66. The summed E-state index contributed by atoms with van der Waals surface area (Å²) in [6, 6.07) is 0.258. The Balaban J connectivity index is 2.13. The van der Waals surface area contributed by atoms with Gasteiger partial charge in [-0.05, 0) is 19.9 Å². The van der Waals surface area contributed by atoms with Crippen LogP contribution in [0.25, 0.3) is 0 Å². The standard InChI is InChI=1S/C7H14N2O2/c1-2-11-7(10)9-6-3-4-8-5-6/h6,8H,2-5H2,1H3,(H,9,10). The fourth-order valence-electron chi connectivity index (χ4n) is 1.12. The van der Waals surface area contributed by atoms with Gasteiger partial charge in [-0.3, -0.25) is 0 Å². The molecule has 1 aliphatic heterocycles. The van der Waals surface area contributed by atoms with E-state index in [0.717, 1.165) is 19.5 Å². The van der Waals surface area contributed by atoms with Gasteiger partial charge in [-0.1, -0.05) is 0 Å². The number of carbonyl (C=O) groups excluding carboxylic acids is 1. The van der Waals surface area contributed by atoms with Crippen molar-refractivity contribution in [2.75, 3.05) is 19.7 Å². The SMILES string of the molecule is CCOC(=O)NC1CCNC1. The first kappa shape index (κ1) is 8.33. The number of amides is 1. The number of carbonyl (C=O) groups is 1. The highest BCUT2D eigenvalue weighted by molar-refractivity contribution is 5.67. The first-order valence-electron chi connectivity index (χ1n) is 3.97. The molecule has 1 heterocycles. The average molecular weight is 158 g/mol. The molecule has 11 heavy (non-hydrogen) atoms. The van der Waals surface area contributed by atoms with Gasteiger partial charge in [0.1, 0.15) is 0 Å². The fourth-order valence-corrected chi connectivity index (χ4v) is 1.12.